The van der Waals surface area contributed by atoms with Gasteiger partial charge in [0.1, 0.15) is 15.6 Å². The van der Waals surface area contributed by atoms with E-state index in [1.165, 1.54) is 11.3 Å². The van der Waals surface area contributed by atoms with Crippen molar-refractivity contribution in [3.05, 3.63) is 52.2 Å². The van der Waals surface area contributed by atoms with Crippen LogP contribution in [0.1, 0.15) is 41.0 Å². The van der Waals surface area contributed by atoms with E-state index >= 15 is 0 Å². The van der Waals surface area contributed by atoms with Crippen LogP contribution in [0.25, 0.3) is 9.88 Å². The van der Waals surface area contributed by atoms with Crippen LogP contribution in [0.3, 0.4) is 0 Å². The average Bonchev–Trinajstić information content (AvgIpc) is 3.39. The number of carbonyl (C=O) groups excluding carboxylic acids is 1. The highest BCUT2D eigenvalue weighted by molar-refractivity contribution is 7.22. The quantitative estimate of drug-likeness (QED) is 0.612. The second-order valence-corrected chi connectivity index (χ2v) is 7.82. The molecule has 3 rings (SSSR count). The molecule has 0 aliphatic carbocycles. The van der Waals surface area contributed by atoms with Gasteiger partial charge in [0.05, 0.1) is 22.9 Å². The highest BCUT2D eigenvalue weighted by Gasteiger charge is 2.23. The lowest BCUT2D eigenvalue weighted by Gasteiger charge is -2.28. The van der Waals surface area contributed by atoms with Gasteiger partial charge in [0.25, 0.3) is 5.91 Å². The van der Waals surface area contributed by atoms with Gasteiger partial charge in [0.15, 0.2) is 0 Å². The van der Waals surface area contributed by atoms with Gasteiger partial charge in [-0.2, -0.15) is 0 Å². The summed E-state index contributed by atoms with van der Waals surface area (Å²) in [5.74, 6) is 0.792. The van der Waals surface area contributed by atoms with E-state index in [-0.39, 0.29) is 11.9 Å². The van der Waals surface area contributed by atoms with Gasteiger partial charge < -0.3 is 9.73 Å². The molecule has 1 unspecified atom stereocenters. The number of rotatable bonds is 8. The minimum absolute atomic E-state index is 0.0222. The minimum Gasteiger partial charge on any atom is -0.468 e. The van der Waals surface area contributed by atoms with Crippen molar-refractivity contribution in [3.63, 3.8) is 0 Å². The van der Waals surface area contributed by atoms with Gasteiger partial charge in [-0.05, 0) is 43.6 Å². The zero-order valence-electron chi connectivity index (χ0n) is 15.2. The summed E-state index contributed by atoms with van der Waals surface area (Å²) in [5.41, 5.74) is 0.772. The molecule has 1 N–H and O–H groups in total. The van der Waals surface area contributed by atoms with Crippen LogP contribution in [-0.4, -0.2) is 35.4 Å². The van der Waals surface area contributed by atoms with Crippen molar-refractivity contribution in [3.8, 4) is 9.88 Å². The summed E-state index contributed by atoms with van der Waals surface area (Å²) >= 11 is 3.08. The van der Waals surface area contributed by atoms with Crippen LogP contribution in [0.4, 0.5) is 0 Å². The predicted molar refractivity (Wildman–Crippen MR) is 107 cm³/mol. The number of hydrogen-bond donors (Lipinski definition) is 1. The molecule has 0 aliphatic heterocycles. The molecule has 0 bridgehead atoms. The maximum Gasteiger partial charge on any atom is 0.263 e. The summed E-state index contributed by atoms with van der Waals surface area (Å²) < 4.78 is 5.59. The molecule has 0 fully saturated rings. The van der Waals surface area contributed by atoms with Crippen molar-refractivity contribution in [1.29, 1.82) is 0 Å². The average molecular weight is 390 g/mol. The smallest absolute Gasteiger partial charge is 0.263 e. The Morgan fingerprint density at radius 1 is 1.31 bits per heavy atom. The number of amides is 1. The van der Waals surface area contributed by atoms with E-state index in [0.29, 0.717) is 11.4 Å². The third kappa shape index (κ3) is 4.06. The molecule has 0 saturated carbocycles. The van der Waals surface area contributed by atoms with Gasteiger partial charge in [-0.25, -0.2) is 4.98 Å². The Balaban J connectivity index is 1.73. The number of nitrogens with one attached hydrogen (secondary N) is 1. The fourth-order valence-corrected chi connectivity index (χ4v) is 4.72. The van der Waals surface area contributed by atoms with Crippen LogP contribution in [0.2, 0.25) is 0 Å². The predicted octanol–water partition coefficient (Wildman–Crippen LogP) is 4.59. The van der Waals surface area contributed by atoms with E-state index in [1.807, 2.05) is 36.6 Å². The van der Waals surface area contributed by atoms with E-state index in [9.17, 15) is 4.79 Å². The molecule has 0 aliphatic rings. The molecular weight excluding hydrogens is 366 g/mol. The molecule has 7 heteroatoms. The van der Waals surface area contributed by atoms with Gasteiger partial charge in [-0.3, -0.25) is 9.69 Å². The number of thiophene rings is 1. The Morgan fingerprint density at radius 2 is 2.12 bits per heavy atom. The minimum atomic E-state index is -0.0773. The third-order valence-corrected chi connectivity index (χ3v) is 6.51. The van der Waals surface area contributed by atoms with Crippen molar-refractivity contribution < 1.29 is 9.21 Å². The number of hydrogen-bond acceptors (Lipinski definition) is 6. The van der Waals surface area contributed by atoms with E-state index in [1.54, 1.807) is 17.6 Å². The van der Waals surface area contributed by atoms with Gasteiger partial charge in [-0.1, -0.05) is 19.9 Å². The van der Waals surface area contributed by atoms with Crippen LogP contribution >= 0.6 is 22.7 Å². The third-order valence-electron chi connectivity index (χ3n) is 4.32. The van der Waals surface area contributed by atoms with Crippen LogP contribution in [0, 0.1) is 6.92 Å². The topological polar surface area (TPSA) is 58.4 Å². The number of furan rings is 1. The first-order valence-electron chi connectivity index (χ1n) is 8.71. The molecule has 0 radical (unpaired) electrons. The second-order valence-electron chi connectivity index (χ2n) is 5.87. The molecule has 1 atom stereocenters. The summed E-state index contributed by atoms with van der Waals surface area (Å²) in [4.78, 5) is 21.3. The van der Waals surface area contributed by atoms with Gasteiger partial charge >= 0.3 is 0 Å². The Morgan fingerprint density at radius 3 is 2.73 bits per heavy atom. The molecule has 3 aromatic rings. The van der Waals surface area contributed by atoms with Gasteiger partial charge in [-0.15, -0.1) is 22.7 Å². The Bertz CT molecular complexity index is 821. The molecular formula is C19H23N3O2S2. The molecule has 0 aromatic carbocycles. The van der Waals surface area contributed by atoms with Crippen LogP contribution in [0.5, 0.6) is 0 Å². The first kappa shape index (κ1) is 18.8. The summed E-state index contributed by atoms with van der Waals surface area (Å²) in [6, 6.07) is 7.89. The maximum absolute atomic E-state index is 12.7. The maximum atomic E-state index is 12.7. The van der Waals surface area contributed by atoms with Crippen LogP contribution in [0.15, 0.2) is 40.3 Å². The van der Waals surface area contributed by atoms with Crippen LogP contribution < -0.4 is 5.32 Å². The Labute approximate surface area is 161 Å². The van der Waals surface area contributed by atoms with E-state index < -0.39 is 0 Å². The van der Waals surface area contributed by atoms with Gasteiger partial charge in [0.2, 0.25) is 0 Å². The molecule has 3 heterocycles. The highest BCUT2D eigenvalue weighted by atomic mass is 32.1. The molecule has 0 saturated heterocycles. The zero-order valence-corrected chi connectivity index (χ0v) is 16.8. The zero-order chi connectivity index (χ0) is 18.5. The van der Waals surface area contributed by atoms with Crippen molar-refractivity contribution in [2.45, 2.75) is 26.8 Å². The number of carbonyl (C=O) groups is 1. The summed E-state index contributed by atoms with van der Waals surface area (Å²) in [7, 11) is 0. The Kier molecular flexibility index (Phi) is 6.24. The van der Waals surface area contributed by atoms with E-state index in [0.717, 1.165) is 34.4 Å². The lowest BCUT2D eigenvalue weighted by atomic mass is 10.2. The second kappa shape index (κ2) is 8.62. The molecule has 26 heavy (non-hydrogen) atoms. The number of nitrogens with zero attached hydrogens (tertiary/aromatic N) is 2. The van der Waals surface area contributed by atoms with E-state index in [2.05, 4.69) is 29.0 Å². The van der Waals surface area contributed by atoms with Crippen molar-refractivity contribution in [2.24, 2.45) is 0 Å². The number of aromatic nitrogens is 1. The fourth-order valence-electron chi connectivity index (χ4n) is 2.94. The summed E-state index contributed by atoms with van der Waals surface area (Å²) in [6.45, 7) is 8.39. The first-order valence-corrected chi connectivity index (χ1v) is 10.4. The monoisotopic (exact) mass is 389 g/mol. The van der Waals surface area contributed by atoms with E-state index in [4.69, 9.17) is 4.42 Å². The Hall–Kier alpha value is -1.96. The number of thiazole rings is 1. The number of likely N-dealkylation sites (N-methyl/N-ethyl adjacent to an activating group) is 1. The molecule has 3 aromatic heterocycles. The first-order chi connectivity index (χ1) is 12.6. The standard InChI is InChI=1S/C19H23N3O2S2/c1-4-22(5-2)14(15-8-6-10-24-15)12-20-18(23)17-13(3)21-19(26-17)16-9-7-11-25-16/h6-11,14H,4-5,12H2,1-3H3,(H,20,23). The SMILES string of the molecule is CCN(CC)C(CNC(=O)c1sc(-c2cccs2)nc1C)c1ccco1. The normalized spacial score (nSPS) is 12.5. The van der Waals surface area contributed by atoms with Crippen molar-refractivity contribution in [1.82, 2.24) is 15.2 Å². The molecule has 138 valence electrons. The largest absolute Gasteiger partial charge is 0.468 e. The van der Waals surface area contributed by atoms with Crippen molar-refractivity contribution in [2.75, 3.05) is 19.6 Å². The molecule has 1 amide bonds. The lowest BCUT2D eigenvalue weighted by Crippen LogP contribution is -2.37. The summed E-state index contributed by atoms with van der Waals surface area (Å²) in [5, 5.41) is 5.98. The molecule has 0 spiro atoms. The van der Waals surface area contributed by atoms with Crippen LogP contribution in [-0.2, 0) is 0 Å². The number of aryl methyl sites for hydroxylation is 1. The van der Waals surface area contributed by atoms with Crippen molar-refractivity contribution >= 4 is 28.6 Å². The fraction of sp³-hybridized carbons (Fsp3) is 0.368. The lowest BCUT2D eigenvalue weighted by molar-refractivity contribution is 0.0933. The summed E-state index contributed by atoms with van der Waals surface area (Å²) in [6.07, 6.45) is 1.67. The van der Waals surface area contributed by atoms with Gasteiger partial charge in [0, 0.05) is 6.54 Å². The molecule has 5 nitrogen and oxygen atoms in total. The highest BCUT2D eigenvalue weighted by Crippen LogP contribution is 2.31.